The standard InChI is InChI=1S/C33H23BrO/c1-3-8-27-25(4-2)28(20-24-9-5-6-10-26(24)27)22-15-13-21(14-16-22)23-17-18-31-29(19-23)33-30(34)11-7-12-32(33)35-31/h3-20H,2H2,1H3/b8-3-. The van der Waals surface area contributed by atoms with Gasteiger partial charge in [0.1, 0.15) is 11.2 Å². The van der Waals surface area contributed by atoms with E-state index in [9.17, 15) is 0 Å². The van der Waals surface area contributed by atoms with Gasteiger partial charge in [0.25, 0.3) is 0 Å². The SMILES string of the molecule is C=Cc1c(-c2ccc(-c3ccc4oc5cccc(Br)c5c4c3)cc2)cc2ccccc2c1/C=C\C. The van der Waals surface area contributed by atoms with E-state index in [2.05, 4.69) is 120 Å². The summed E-state index contributed by atoms with van der Waals surface area (Å²) in [5, 5.41) is 4.71. The minimum absolute atomic E-state index is 0.895. The van der Waals surface area contributed by atoms with E-state index in [4.69, 9.17) is 4.42 Å². The van der Waals surface area contributed by atoms with Gasteiger partial charge in [-0.25, -0.2) is 0 Å². The van der Waals surface area contributed by atoms with Gasteiger partial charge in [-0.05, 0) is 81.4 Å². The zero-order chi connectivity index (χ0) is 23.9. The van der Waals surface area contributed by atoms with Crippen molar-refractivity contribution in [2.45, 2.75) is 6.92 Å². The third kappa shape index (κ3) is 3.62. The van der Waals surface area contributed by atoms with Crippen LogP contribution < -0.4 is 0 Å². The Kier molecular flexibility index (Phi) is 5.39. The van der Waals surface area contributed by atoms with E-state index in [0.29, 0.717) is 0 Å². The van der Waals surface area contributed by atoms with Gasteiger partial charge in [0, 0.05) is 15.2 Å². The molecule has 0 bridgehead atoms. The number of allylic oxidation sites excluding steroid dienone is 1. The second-order valence-electron chi connectivity index (χ2n) is 8.68. The van der Waals surface area contributed by atoms with Crippen LogP contribution in [0.4, 0.5) is 0 Å². The van der Waals surface area contributed by atoms with Gasteiger partial charge in [-0.1, -0.05) is 101 Å². The van der Waals surface area contributed by atoms with Crippen molar-refractivity contribution in [3.63, 3.8) is 0 Å². The van der Waals surface area contributed by atoms with Gasteiger partial charge in [0.05, 0.1) is 0 Å². The molecule has 5 aromatic carbocycles. The van der Waals surface area contributed by atoms with E-state index < -0.39 is 0 Å². The lowest BCUT2D eigenvalue weighted by atomic mass is 9.89. The number of furan rings is 1. The molecule has 0 aliphatic rings. The molecule has 6 rings (SSSR count). The predicted molar refractivity (Wildman–Crippen MR) is 155 cm³/mol. The molecule has 35 heavy (non-hydrogen) atoms. The number of halogens is 1. The van der Waals surface area contributed by atoms with E-state index in [1.807, 2.05) is 18.2 Å². The van der Waals surface area contributed by atoms with Gasteiger partial charge in [0.15, 0.2) is 0 Å². The van der Waals surface area contributed by atoms with Gasteiger partial charge in [-0.2, -0.15) is 0 Å². The van der Waals surface area contributed by atoms with Gasteiger partial charge >= 0.3 is 0 Å². The summed E-state index contributed by atoms with van der Waals surface area (Å²) >= 11 is 3.69. The highest BCUT2D eigenvalue weighted by Crippen LogP contribution is 2.38. The fourth-order valence-electron chi connectivity index (χ4n) is 5.00. The summed E-state index contributed by atoms with van der Waals surface area (Å²) in [6, 6.07) is 32.1. The Morgan fingerprint density at radius 3 is 2.29 bits per heavy atom. The maximum atomic E-state index is 6.05. The first-order chi connectivity index (χ1) is 17.2. The van der Waals surface area contributed by atoms with Crippen LogP contribution in [0.15, 0.2) is 113 Å². The summed E-state index contributed by atoms with van der Waals surface area (Å²) in [6.07, 6.45) is 6.25. The van der Waals surface area contributed by atoms with Crippen LogP contribution in [0.5, 0.6) is 0 Å². The highest BCUT2D eigenvalue weighted by Gasteiger charge is 2.13. The monoisotopic (exact) mass is 514 g/mol. The van der Waals surface area contributed by atoms with E-state index in [1.54, 1.807) is 0 Å². The van der Waals surface area contributed by atoms with Crippen molar-refractivity contribution >= 4 is 60.8 Å². The first-order valence-electron chi connectivity index (χ1n) is 11.7. The second-order valence-corrected chi connectivity index (χ2v) is 9.53. The van der Waals surface area contributed by atoms with Crippen molar-refractivity contribution in [1.29, 1.82) is 0 Å². The third-order valence-corrected chi connectivity index (χ3v) is 7.30. The number of benzene rings is 5. The number of rotatable bonds is 4. The molecule has 6 aromatic rings. The molecule has 1 aromatic heterocycles. The van der Waals surface area contributed by atoms with Crippen LogP contribution >= 0.6 is 15.9 Å². The maximum absolute atomic E-state index is 6.05. The minimum Gasteiger partial charge on any atom is -0.456 e. The molecule has 0 saturated heterocycles. The summed E-state index contributed by atoms with van der Waals surface area (Å²) < 4.78 is 7.10. The van der Waals surface area contributed by atoms with Crippen LogP contribution in [0, 0.1) is 0 Å². The average molecular weight is 515 g/mol. The number of hydrogen-bond acceptors (Lipinski definition) is 1. The molecule has 0 N–H and O–H groups in total. The van der Waals surface area contributed by atoms with Crippen LogP contribution in [-0.4, -0.2) is 0 Å². The Labute approximate surface area is 213 Å². The predicted octanol–water partition coefficient (Wildman–Crippen LogP) is 10.5. The normalized spacial score (nSPS) is 11.7. The molecule has 0 radical (unpaired) electrons. The minimum atomic E-state index is 0.895. The van der Waals surface area contributed by atoms with Gasteiger partial charge in [0.2, 0.25) is 0 Å². The highest BCUT2D eigenvalue weighted by atomic mass is 79.9. The summed E-state index contributed by atoms with van der Waals surface area (Å²) in [4.78, 5) is 0. The molecule has 0 aliphatic carbocycles. The summed E-state index contributed by atoms with van der Waals surface area (Å²) in [7, 11) is 0. The van der Waals surface area contributed by atoms with Crippen LogP contribution in [0.2, 0.25) is 0 Å². The summed E-state index contributed by atoms with van der Waals surface area (Å²) in [5.74, 6) is 0. The fraction of sp³-hybridized carbons (Fsp3) is 0.0303. The van der Waals surface area contributed by atoms with Crippen molar-refractivity contribution in [3.8, 4) is 22.3 Å². The average Bonchev–Trinajstić information content (AvgIpc) is 3.28. The molecular weight excluding hydrogens is 492 g/mol. The van der Waals surface area contributed by atoms with Crippen molar-refractivity contribution < 1.29 is 4.42 Å². The zero-order valence-corrected chi connectivity index (χ0v) is 21.0. The van der Waals surface area contributed by atoms with Crippen molar-refractivity contribution in [1.82, 2.24) is 0 Å². The first kappa shape index (κ1) is 21.6. The van der Waals surface area contributed by atoms with E-state index in [-0.39, 0.29) is 0 Å². The van der Waals surface area contributed by atoms with Crippen LogP contribution in [0.1, 0.15) is 18.1 Å². The molecule has 0 atom stereocenters. The Morgan fingerprint density at radius 2 is 1.49 bits per heavy atom. The molecule has 168 valence electrons. The summed E-state index contributed by atoms with van der Waals surface area (Å²) in [5.41, 5.74) is 8.87. The Morgan fingerprint density at radius 1 is 0.714 bits per heavy atom. The molecule has 0 amide bonds. The summed E-state index contributed by atoms with van der Waals surface area (Å²) in [6.45, 7) is 6.20. The van der Waals surface area contributed by atoms with Crippen molar-refractivity contribution in [3.05, 3.63) is 119 Å². The van der Waals surface area contributed by atoms with Crippen LogP contribution in [0.3, 0.4) is 0 Å². The molecule has 0 spiro atoms. The fourth-order valence-corrected chi connectivity index (χ4v) is 5.56. The zero-order valence-electron chi connectivity index (χ0n) is 19.4. The quantitative estimate of drug-likeness (QED) is 0.228. The van der Waals surface area contributed by atoms with E-state index in [0.717, 1.165) is 32.0 Å². The molecule has 0 unspecified atom stereocenters. The number of hydrogen-bond donors (Lipinski definition) is 0. The Bertz CT molecular complexity index is 1770. The lowest BCUT2D eigenvalue weighted by molar-refractivity contribution is 0.669. The molecule has 0 saturated carbocycles. The van der Waals surface area contributed by atoms with Crippen molar-refractivity contribution in [2.24, 2.45) is 0 Å². The Balaban J connectivity index is 1.47. The second kappa shape index (κ2) is 8.72. The van der Waals surface area contributed by atoms with Gasteiger partial charge in [-0.15, -0.1) is 0 Å². The molecule has 2 heteroatoms. The molecule has 1 heterocycles. The van der Waals surface area contributed by atoms with Crippen LogP contribution in [-0.2, 0) is 0 Å². The first-order valence-corrected chi connectivity index (χ1v) is 12.5. The van der Waals surface area contributed by atoms with Crippen LogP contribution in [0.25, 0.3) is 67.1 Å². The molecule has 1 nitrogen and oxygen atoms in total. The lowest BCUT2D eigenvalue weighted by Gasteiger charge is -2.14. The van der Waals surface area contributed by atoms with E-state index in [1.165, 1.54) is 38.6 Å². The third-order valence-electron chi connectivity index (χ3n) is 6.64. The lowest BCUT2D eigenvalue weighted by Crippen LogP contribution is -1.91. The van der Waals surface area contributed by atoms with Crippen molar-refractivity contribution in [2.75, 3.05) is 0 Å². The topological polar surface area (TPSA) is 13.1 Å². The molecule has 0 fully saturated rings. The Hall–Kier alpha value is -3.88. The smallest absolute Gasteiger partial charge is 0.136 e. The highest BCUT2D eigenvalue weighted by molar-refractivity contribution is 9.10. The van der Waals surface area contributed by atoms with Gasteiger partial charge < -0.3 is 4.42 Å². The van der Waals surface area contributed by atoms with E-state index >= 15 is 0 Å². The molecular formula is C33H23BrO. The maximum Gasteiger partial charge on any atom is 0.136 e. The molecule has 0 aliphatic heterocycles. The van der Waals surface area contributed by atoms with Gasteiger partial charge in [-0.3, -0.25) is 0 Å². The number of fused-ring (bicyclic) bond motifs is 4. The largest absolute Gasteiger partial charge is 0.456 e.